The molecule has 1 aliphatic rings. The molecule has 2 heterocycles. The molecule has 0 aliphatic carbocycles. The molecule has 1 saturated heterocycles. The second-order valence-corrected chi connectivity index (χ2v) is 5.26. The van der Waals surface area contributed by atoms with Crippen LogP contribution in [0.5, 0.6) is 0 Å². The zero-order chi connectivity index (χ0) is 13.0. The highest BCUT2D eigenvalue weighted by Crippen LogP contribution is 2.19. The number of piperazine rings is 1. The van der Waals surface area contributed by atoms with Crippen molar-refractivity contribution in [1.82, 2.24) is 19.4 Å². The summed E-state index contributed by atoms with van der Waals surface area (Å²) >= 11 is 1.39. The van der Waals surface area contributed by atoms with Gasteiger partial charge in [-0.2, -0.15) is 0 Å². The first kappa shape index (κ1) is 13.2. The van der Waals surface area contributed by atoms with Crippen molar-refractivity contribution < 1.29 is 4.79 Å². The van der Waals surface area contributed by atoms with Crippen LogP contribution in [0.1, 0.15) is 19.0 Å². The van der Waals surface area contributed by atoms with Crippen LogP contribution in [0.2, 0.25) is 0 Å². The molecule has 0 radical (unpaired) electrons. The van der Waals surface area contributed by atoms with Crippen LogP contribution >= 0.6 is 11.5 Å². The van der Waals surface area contributed by atoms with E-state index in [9.17, 15) is 4.79 Å². The lowest BCUT2D eigenvalue weighted by atomic mass is 10.3. The van der Waals surface area contributed by atoms with E-state index < -0.39 is 0 Å². The Morgan fingerprint density at radius 3 is 3.00 bits per heavy atom. The summed E-state index contributed by atoms with van der Waals surface area (Å²) in [5, 5.41) is 8.50. The summed E-state index contributed by atoms with van der Waals surface area (Å²) in [4.78, 5) is 15.5. The second kappa shape index (κ2) is 6.10. The van der Waals surface area contributed by atoms with Crippen LogP contribution in [0.3, 0.4) is 0 Å². The van der Waals surface area contributed by atoms with E-state index in [1.165, 1.54) is 11.5 Å². The van der Waals surface area contributed by atoms with Gasteiger partial charge < -0.3 is 10.2 Å². The molecule has 1 fully saturated rings. The van der Waals surface area contributed by atoms with Gasteiger partial charge in [0, 0.05) is 44.8 Å². The summed E-state index contributed by atoms with van der Waals surface area (Å²) < 4.78 is 3.98. The monoisotopic (exact) mass is 269 g/mol. The average Bonchev–Trinajstić information content (AvgIpc) is 2.79. The fraction of sp³-hybridized carbons (Fsp3) is 0.727. The molecule has 18 heavy (non-hydrogen) atoms. The van der Waals surface area contributed by atoms with E-state index in [4.69, 9.17) is 0 Å². The molecule has 1 aromatic rings. The van der Waals surface area contributed by atoms with Gasteiger partial charge in [0.2, 0.25) is 5.91 Å². The predicted octanol–water partition coefficient (Wildman–Crippen LogP) is 0.634. The van der Waals surface area contributed by atoms with Crippen molar-refractivity contribution >= 4 is 22.4 Å². The Hall–Kier alpha value is -1.21. The fourth-order valence-corrected chi connectivity index (χ4v) is 2.44. The molecule has 0 aromatic carbocycles. The van der Waals surface area contributed by atoms with Crippen LogP contribution in [0, 0.1) is 0 Å². The first-order valence-electron chi connectivity index (χ1n) is 6.22. The molecule has 0 bridgehead atoms. The number of nitrogens with zero attached hydrogens (tertiary/aromatic N) is 4. The Balaban J connectivity index is 1.93. The van der Waals surface area contributed by atoms with Crippen molar-refractivity contribution in [3.8, 4) is 0 Å². The highest BCUT2D eigenvalue weighted by Gasteiger charge is 2.22. The number of carbonyl (C=O) groups excluding carboxylic acids is 1. The summed E-state index contributed by atoms with van der Waals surface area (Å²) in [5.74, 6) is 0.174. The van der Waals surface area contributed by atoms with Gasteiger partial charge in [0.1, 0.15) is 10.7 Å². The predicted molar refractivity (Wildman–Crippen MR) is 71.6 cm³/mol. The number of aromatic nitrogens is 2. The fourth-order valence-electron chi connectivity index (χ4n) is 1.84. The Bertz CT molecular complexity index is 408. The number of anilines is 1. The summed E-state index contributed by atoms with van der Waals surface area (Å²) in [6.07, 6.45) is 1.07. The van der Waals surface area contributed by atoms with Crippen LogP contribution in [0.25, 0.3) is 0 Å². The van der Waals surface area contributed by atoms with Crippen LogP contribution in [-0.2, 0) is 11.3 Å². The lowest BCUT2D eigenvalue weighted by molar-refractivity contribution is -0.134. The molecule has 6 nitrogen and oxygen atoms in total. The van der Waals surface area contributed by atoms with Gasteiger partial charge in [-0.15, -0.1) is 5.10 Å². The topological polar surface area (TPSA) is 61.4 Å². The maximum atomic E-state index is 11.6. The highest BCUT2D eigenvalue weighted by atomic mass is 32.1. The number of hydrogen-bond donors (Lipinski definition) is 1. The minimum Gasteiger partial charge on any atom is -0.374 e. The van der Waals surface area contributed by atoms with E-state index in [1.54, 1.807) is 4.90 Å². The molecule has 1 aromatic heterocycles. The third-order valence-electron chi connectivity index (χ3n) is 3.00. The normalized spacial score (nSPS) is 17.2. The number of hydrogen-bond acceptors (Lipinski definition) is 6. The standard InChI is InChI=1S/C11H19N5OS/c1-3-4-12-11-9(13-14-18-11)7-16-6-5-15(2)10(17)8-16/h12H,3-8H2,1-2H3. The number of carbonyl (C=O) groups is 1. The van der Waals surface area contributed by atoms with Crippen molar-refractivity contribution in [1.29, 1.82) is 0 Å². The maximum absolute atomic E-state index is 11.6. The van der Waals surface area contributed by atoms with Crippen molar-refractivity contribution in [2.75, 3.05) is 38.5 Å². The van der Waals surface area contributed by atoms with Gasteiger partial charge in [0.25, 0.3) is 0 Å². The number of amides is 1. The Labute approximate surface area is 111 Å². The van der Waals surface area contributed by atoms with Gasteiger partial charge in [-0.3, -0.25) is 9.69 Å². The van der Waals surface area contributed by atoms with Crippen LogP contribution < -0.4 is 5.32 Å². The van der Waals surface area contributed by atoms with E-state index in [1.807, 2.05) is 7.05 Å². The van der Waals surface area contributed by atoms with E-state index in [-0.39, 0.29) is 5.91 Å². The third-order valence-corrected chi connectivity index (χ3v) is 3.73. The smallest absolute Gasteiger partial charge is 0.236 e. The Morgan fingerprint density at radius 1 is 1.44 bits per heavy atom. The molecule has 1 aliphatic heterocycles. The first-order chi connectivity index (χ1) is 8.70. The number of nitrogens with one attached hydrogen (secondary N) is 1. The summed E-state index contributed by atoms with van der Waals surface area (Å²) in [7, 11) is 1.85. The van der Waals surface area contributed by atoms with Crippen molar-refractivity contribution in [3.05, 3.63) is 5.69 Å². The van der Waals surface area contributed by atoms with Gasteiger partial charge in [-0.05, 0) is 6.42 Å². The van der Waals surface area contributed by atoms with Crippen LogP contribution in [-0.4, -0.2) is 58.5 Å². The third kappa shape index (κ3) is 3.17. The molecule has 0 spiro atoms. The first-order valence-corrected chi connectivity index (χ1v) is 6.99. The van der Waals surface area contributed by atoms with Crippen LogP contribution in [0.4, 0.5) is 5.00 Å². The average molecular weight is 269 g/mol. The molecular weight excluding hydrogens is 250 g/mol. The van der Waals surface area contributed by atoms with Gasteiger partial charge in [0.05, 0.1) is 6.54 Å². The SMILES string of the molecule is CCCNc1snnc1CN1CCN(C)C(=O)C1. The van der Waals surface area contributed by atoms with E-state index in [2.05, 4.69) is 26.7 Å². The lowest BCUT2D eigenvalue weighted by Gasteiger charge is -2.31. The Morgan fingerprint density at radius 2 is 2.28 bits per heavy atom. The largest absolute Gasteiger partial charge is 0.374 e. The molecule has 0 unspecified atom stereocenters. The van der Waals surface area contributed by atoms with Gasteiger partial charge in [-0.1, -0.05) is 11.4 Å². The summed E-state index contributed by atoms with van der Waals surface area (Å²) in [6.45, 7) is 5.91. The highest BCUT2D eigenvalue weighted by molar-refractivity contribution is 7.10. The molecule has 1 amide bonds. The molecule has 0 atom stereocenters. The maximum Gasteiger partial charge on any atom is 0.236 e. The molecular formula is C11H19N5OS. The molecule has 2 rings (SSSR count). The minimum absolute atomic E-state index is 0.174. The quantitative estimate of drug-likeness (QED) is 0.849. The van der Waals surface area contributed by atoms with Crippen molar-refractivity contribution in [2.45, 2.75) is 19.9 Å². The van der Waals surface area contributed by atoms with Gasteiger partial charge in [0.15, 0.2) is 0 Å². The van der Waals surface area contributed by atoms with Gasteiger partial charge >= 0.3 is 0 Å². The van der Waals surface area contributed by atoms with Crippen molar-refractivity contribution in [3.63, 3.8) is 0 Å². The second-order valence-electron chi connectivity index (χ2n) is 4.50. The number of likely N-dealkylation sites (N-methyl/N-ethyl adjacent to an activating group) is 1. The van der Waals surface area contributed by atoms with Crippen LogP contribution in [0.15, 0.2) is 0 Å². The Kier molecular flexibility index (Phi) is 4.48. The summed E-state index contributed by atoms with van der Waals surface area (Å²) in [6, 6.07) is 0. The molecule has 0 saturated carbocycles. The lowest BCUT2D eigenvalue weighted by Crippen LogP contribution is -2.48. The zero-order valence-corrected chi connectivity index (χ0v) is 11.7. The summed E-state index contributed by atoms with van der Waals surface area (Å²) in [5.41, 5.74) is 0.950. The minimum atomic E-state index is 0.174. The zero-order valence-electron chi connectivity index (χ0n) is 10.8. The van der Waals surface area contributed by atoms with Gasteiger partial charge in [-0.25, -0.2) is 0 Å². The molecule has 100 valence electrons. The molecule has 1 N–H and O–H groups in total. The van der Waals surface area contributed by atoms with E-state index >= 15 is 0 Å². The molecule has 7 heteroatoms. The van der Waals surface area contributed by atoms with Crippen molar-refractivity contribution in [2.24, 2.45) is 0 Å². The number of rotatable bonds is 5. The van der Waals surface area contributed by atoms with E-state index in [0.717, 1.165) is 36.8 Å². The van der Waals surface area contributed by atoms with E-state index in [0.29, 0.717) is 13.1 Å².